The summed E-state index contributed by atoms with van der Waals surface area (Å²) in [5.74, 6) is 0. The summed E-state index contributed by atoms with van der Waals surface area (Å²) in [4.78, 5) is 0. The average molecular weight is 473 g/mol. The molecule has 1 aromatic heterocycles. The van der Waals surface area contributed by atoms with Gasteiger partial charge in [0.1, 0.15) is 11.2 Å². The van der Waals surface area contributed by atoms with Crippen LogP contribution in [0.15, 0.2) is 138 Å². The molecule has 0 fully saturated rings. The van der Waals surface area contributed by atoms with Gasteiger partial charge in [0.25, 0.3) is 0 Å². The van der Waals surface area contributed by atoms with Gasteiger partial charge < -0.3 is 4.42 Å². The zero-order valence-electron chi connectivity index (χ0n) is 22.0. The maximum absolute atomic E-state index is 9.11. The first-order valence-electron chi connectivity index (χ1n) is 13.5. The third kappa shape index (κ3) is 2.92. The van der Waals surface area contributed by atoms with Crippen LogP contribution in [0.4, 0.5) is 0 Å². The number of hydrogen-bond donors (Lipinski definition) is 0. The van der Waals surface area contributed by atoms with Gasteiger partial charge in [-0.05, 0) is 61.3 Å². The molecule has 8 aromatic rings. The minimum Gasteiger partial charge on any atom is -0.455 e. The molecule has 1 nitrogen and oxygen atoms in total. The Morgan fingerprint density at radius 3 is 1.97 bits per heavy atom. The maximum atomic E-state index is 9.11. The summed E-state index contributed by atoms with van der Waals surface area (Å²) in [6.45, 7) is 0. The molecule has 0 spiro atoms. The molecule has 1 heterocycles. The zero-order valence-corrected chi connectivity index (χ0v) is 20.0. The lowest BCUT2D eigenvalue weighted by atomic mass is 9.85. The van der Waals surface area contributed by atoms with Gasteiger partial charge in [0, 0.05) is 16.2 Å². The van der Waals surface area contributed by atoms with E-state index in [9.17, 15) is 0 Å². The Morgan fingerprint density at radius 2 is 1.14 bits per heavy atom. The van der Waals surface area contributed by atoms with Gasteiger partial charge in [-0.15, -0.1) is 0 Å². The number of benzene rings is 7. The van der Waals surface area contributed by atoms with Crippen LogP contribution < -0.4 is 0 Å². The van der Waals surface area contributed by atoms with E-state index in [1.165, 1.54) is 0 Å². The molecule has 0 aliphatic rings. The van der Waals surface area contributed by atoms with Crippen LogP contribution in [0.2, 0.25) is 0 Å². The van der Waals surface area contributed by atoms with Gasteiger partial charge >= 0.3 is 0 Å². The Balaban J connectivity index is 1.61. The first-order valence-corrected chi connectivity index (χ1v) is 12.5. The molecule has 0 aliphatic carbocycles. The van der Waals surface area contributed by atoms with E-state index in [2.05, 4.69) is 54.6 Å². The highest BCUT2D eigenvalue weighted by Gasteiger charge is 2.20. The molecule has 0 amide bonds. The summed E-state index contributed by atoms with van der Waals surface area (Å²) < 4.78 is 24.7. The van der Waals surface area contributed by atoms with Crippen molar-refractivity contribution >= 4 is 54.3 Å². The molecule has 0 unspecified atom stereocenters. The van der Waals surface area contributed by atoms with Crippen molar-refractivity contribution in [3.8, 4) is 22.3 Å². The minimum atomic E-state index is 0.465. The maximum Gasteiger partial charge on any atom is 0.143 e. The van der Waals surface area contributed by atoms with Gasteiger partial charge in [-0.1, -0.05) is 121 Å². The van der Waals surface area contributed by atoms with Gasteiger partial charge in [0.15, 0.2) is 0 Å². The second kappa shape index (κ2) is 7.81. The van der Waals surface area contributed by atoms with Crippen molar-refractivity contribution in [2.24, 2.45) is 0 Å². The van der Waals surface area contributed by atoms with Crippen LogP contribution in [0.3, 0.4) is 0 Å². The number of fused-ring (bicyclic) bond motifs is 7. The van der Waals surface area contributed by atoms with E-state index in [0.29, 0.717) is 12.1 Å². The Labute approximate surface area is 217 Å². The molecule has 7 aromatic carbocycles. The van der Waals surface area contributed by atoms with E-state index in [4.69, 9.17) is 7.16 Å². The topological polar surface area (TPSA) is 13.1 Å². The van der Waals surface area contributed by atoms with Gasteiger partial charge in [0.05, 0.1) is 2.74 Å². The van der Waals surface area contributed by atoms with E-state index in [1.54, 1.807) is 0 Å². The SMILES string of the molecule is [2H]c1cccc2c(-c3cccc4oc5c6ccccc6ccc5c34)c3c([2H])cccc3c(-c3ccccc3)c12. The summed E-state index contributed by atoms with van der Waals surface area (Å²) in [7, 11) is 0. The third-order valence-corrected chi connectivity index (χ3v) is 7.47. The molecule has 1 heteroatoms. The number of furan rings is 1. The van der Waals surface area contributed by atoms with Crippen LogP contribution in [0.5, 0.6) is 0 Å². The Bertz CT molecular complexity index is 2240. The predicted octanol–water partition coefficient (Wildman–Crippen LogP) is 10.4. The van der Waals surface area contributed by atoms with Crippen molar-refractivity contribution in [2.45, 2.75) is 0 Å². The summed E-state index contributed by atoms with van der Waals surface area (Å²) in [5.41, 5.74) is 5.72. The summed E-state index contributed by atoms with van der Waals surface area (Å²) in [5, 5.41) is 8.04. The fraction of sp³-hybridized carbons (Fsp3) is 0. The van der Waals surface area contributed by atoms with Gasteiger partial charge in [0.2, 0.25) is 0 Å². The number of rotatable bonds is 2. The van der Waals surface area contributed by atoms with Crippen LogP contribution in [-0.2, 0) is 0 Å². The molecule has 0 bridgehead atoms. The van der Waals surface area contributed by atoms with E-state index >= 15 is 0 Å². The van der Waals surface area contributed by atoms with Gasteiger partial charge in [-0.3, -0.25) is 0 Å². The van der Waals surface area contributed by atoms with E-state index < -0.39 is 0 Å². The normalized spacial score (nSPS) is 12.5. The molecular weight excluding hydrogens is 448 g/mol. The highest BCUT2D eigenvalue weighted by Crippen LogP contribution is 2.47. The number of hydrogen-bond acceptors (Lipinski definition) is 1. The van der Waals surface area contributed by atoms with Crippen LogP contribution >= 0.6 is 0 Å². The molecule has 0 saturated carbocycles. The Morgan fingerprint density at radius 1 is 0.459 bits per heavy atom. The predicted molar refractivity (Wildman–Crippen MR) is 157 cm³/mol. The van der Waals surface area contributed by atoms with Crippen molar-refractivity contribution in [1.82, 2.24) is 0 Å². The first kappa shape index (κ1) is 18.4. The molecule has 8 rings (SSSR count). The standard InChI is InChI=1S/C36H22O/c1-2-12-24(13-3-1)33-26-15-6-8-17-28(26)34(29-18-9-7-16-27(29)33)30-19-10-20-32-35(30)31-22-21-23-11-4-5-14-25(23)36(31)37-32/h1-22H/i15D,18D. The molecule has 0 saturated heterocycles. The second-order valence-electron chi connectivity index (χ2n) is 9.48. The van der Waals surface area contributed by atoms with E-state index in [1.807, 2.05) is 66.7 Å². The molecule has 0 N–H and O–H groups in total. The molecule has 172 valence electrons. The molecule has 0 atom stereocenters. The lowest BCUT2D eigenvalue weighted by Crippen LogP contribution is -1.91. The van der Waals surface area contributed by atoms with Crippen molar-refractivity contribution < 1.29 is 7.16 Å². The largest absolute Gasteiger partial charge is 0.455 e. The van der Waals surface area contributed by atoms with Gasteiger partial charge in [-0.2, -0.15) is 0 Å². The van der Waals surface area contributed by atoms with Gasteiger partial charge in [-0.25, -0.2) is 0 Å². The zero-order chi connectivity index (χ0) is 26.1. The third-order valence-electron chi connectivity index (χ3n) is 7.47. The van der Waals surface area contributed by atoms with Crippen molar-refractivity contribution in [2.75, 3.05) is 0 Å². The second-order valence-corrected chi connectivity index (χ2v) is 9.48. The Hall–Kier alpha value is -4.88. The summed E-state index contributed by atoms with van der Waals surface area (Å²) in [6.07, 6.45) is 0. The fourth-order valence-corrected chi connectivity index (χ4v) is 5.92. The van der Waals surface area contributed by atoms with E-state index in [-0.39, 0.29) is 0 Å². The summed E-state index contributed by atoms with van der Waals surface area (Å²) in [6, 6.07) is 41.7. The minimum absolute atomic E-state index is 0.465. The lowest BCUT2D eigenvalue weighted by Gasteiger charge is -2.18. The smallest absolute Gasteiger partial charge is 0.143 e. The molecule has 37 heavy (non-hydrogen) atoms. The Kier molecular flexibility index (Phi) is 3.88. The van der Waals surface area contributed by atoms with Crippen LogP contribution in [0.25, 0.3) is 76.5 Å². The van der Waals surface area contributed by atoms with Crippen molar-refractivity contribution in [3.05, 3.63) is 133 Å². The fourth-order valence-electron chi connectivity index (χ4n) is 5.92. The van der Waals surface area contributed by atoms with E-state index in [0.717, 1.165) is 76.5 Å². The molecule has 0 aliphatic heterocycles. The average Bonchev–Trinajstić information content (AvgIpc) is 3.37. The van der Waals surface area contributed by atoms with Crippen LogP contribution in [-0.4, -0.2) is 0 Å². The first-order chi connectivity index (χ1) is 19.2. The molecule has 0 radical (unpaired) electrons. The highest BCUT2D eigenvalue weighted by atomic mass is 16.3. The highest BCUT2D eigenvalue weighted by molar-refractivity contribution is 6.26. The van der Waals surface area contributed by atoms with Crippen molar-refractivity contribution in [3.63, 3.8) is 0 Å². The quantitative estimate of drug-likeness (QED) is 0.228. The molecular formula is C36H22O. The van der Waals surface area contributed by atoms with Crippen molar-refractivity contribution in [1.29, 1.82) is 0 Å². The lowest BCUT2D eigenvalue weighted by molar-refractivity contribution is 0.673. The summed E-state index contributed by atoms with van der Waals surface area (Å²) >= 11 is 0. The van der Waals surface area contributed by atoms with Crippen LogP contribution in [0, 0.1) is 0 Å². The monoisotopic (exact) mass is 472 g/mol. The van der Waals surface area contributed by atoms with Crippen LogP contribution in [0.1, 0.15) is 2.74 Å².